The van der Waals surface area contributed by atoms with Gasteiger partial charge < -0.3 is 4.74 Å². The molecule has 7 heteroatoms. The van der Waals surface area contributed by atoms with Gasteiger partial charge in [0.2, 0.25) is 0 Å². The molecule has 1 saturated heterocycles. The van der Waals surface area contributed by atoms with Crippen LogP contribution in [0.25, 0.3) is 0 Å². The van der Waals surface area contributed by atoms with Crippen molar-refractivity contribution in [2.24, 2.45) is 4.99 Å². The van der Waals surface area contributed by atoms with E-state index in [9.17, 15) is 9.59 Å². The molecule has 0 saturated carbocycles. The summed E-state index contributed by atoms with van der Waals surface area (Å²) < 4.78 is 4.60. The van der Waals surface area contributed by atoms with Gasteiger partial charge in [-0.15, -0.1) is 0 Å². The van der Waals surface area contributed by atoms with E-state index in [1.54, 1.807) is 24.4 Å². The number of esters is 1. The molecule has 0 N–H and O–H groups in total. The lowest BCUT2D eigenvalue weighted by Crippen LogP contribution is -2.29. The van der Waals surface area contributed by atoms with Crippen molar-refractivity contribution in [1.29, 1.82) is 0 Å². The summed E-state index contributed by atoms with van der Waals surface area (Å²) in [5, 5.41) is 0.431. The molecule has 0 bridgehead atoms. The minimum atomic E-state index is -0.590. The van der Waals surface area contributed by atoms with Crippen LogP contribution in [0.1, 0.15) is 0 Å². The van der Waals surface area contributed by atoms with Gasteiger partial charge in [0.15, 0.2) is 5.17 Å². The summed E-state index contributed by atoms with van der Waals surface area (Å²) in [4.78, 5) is 34.5. The van der Waals surface area contributed by atoms with Crippen LogP contribution in [0.3, 0.4) is 0 Å². The molecule has 0 spiro atoms. The van der Waals surface area contributed by atoms with E-state index in [2.05, 4.69) is 14.7 Å². The molecule has 1 aliphatic rings. The number of amides is 1. The molecule has 1 amide bonds. The second-order valence-corrected chi connectivity index (χ2v) is 5.70. The summed E-state index contributed by atoms with van der Waals surface area (Å²) in [7, 11) is 1.26. The Morgan fingerprint density at radius 1 is 1.21 bits per heavy atom. The van der Waals surface area contributed by atoms with Crippen molar-refractivity contribution in [3.63, 3.8) is 0 Å². The molecule has 120 valence electrons. The minimum absolute atomic E-state index is 0.238. The van der Waals surface area contributed by atoms with E-state index in [0.29, 0.717) is 16.7 Å². The second-order valence-electron chi connectivity index (χ2n) is 4.69. The fourth-order valence-electron chi connectivity index (χ4n) is 2.02. The van der Waals surface area contributed by atoms with Gasteiger partial charge in [-0.25, -0.2) is 19.7 Å². The number of aliphatic imine (C=N–C) groups is 1. The van der Waals surface area contributed by atoms with Crippen LogP contribution in [0.5, 0.6) is 0 Å². The number of hydrogen-bond donors (Lipinski definition) is 0. The first-order valence-corrected chi connectivity index (χ1v) is 7.87. The smallest absolute Gasteiger partial charge is 0.331 e. The maximum Gasteiger partial charge on any atom is 0.331 e. The summed E-state index contributed by atoms with van der Waals surface area (Å²) in [6.07, 6.45) is 2.76. The van der Waals surface area contributed by atoms with Crippen LogP contribution in [-0.4, -0.2) is 29.1 Å². The van der Waals surface area contributed by atoms with Gasteiger partial charge >= 0.3 is 5.97 Å². The number of benzene rings is 1. The van der Waals surface area contributed by atoms with Gasteiger partial charge in [-0.2, -0.15) is 0 Å². The van der Waals surface area contributed by atoms with Crippen molar-refractivity contribution in [3.8, 4) is 0 Å². The van der Waals surface area contributed by atoms with Crippen molar-refractivity contribution in [2.75, 3.05) is 12.0 Å². The number of nitrogens with zero attached hydrogens (tertiary/aromatic N) is 3. The third-order valence-electron chi connectivity index (χ3n) is 3.12. The van der Waals surface area contributed by atoms with Crippen molar-refractivity contribution in [3.05, 3.63) is 65.7 Å². The molecular weight excluding hydrogens is 326 g/mol. The van der Waals surface area contributed by atoms with E-state index in [1.165, 1.54) is 12.0 Å². The van der Waals surface area contributed by atoms with Gasteiger partial charge in [0.25, 0.3) is 5.91 Å². The zero-order valence-corrected chi connectivity index (χ0v) is 13.6. The first-order valence-electron chi connectivity index (χ1n) is 7.06. The third-order valence-corrected chi connectivity index (χ3v) is 4.08. The molecule has 24 heavy (non-hydrogen) atoms. The van der Waals surface area contributed by atoms with Crippen molar-refractivity contribution in [2.45, 2.75) is 0 Å². The number of rotatable bonds is 3. The molecule has 1 aromatic carbocycles. The third kappa shape index (κ3) is 3.36. The number of carbonyl (C=O) groups excluding carboxylic acids is 2. The minimum Gasteiger partial charge on any atom is -0.466 e. The standard InChI is InChI=1S/C17H13N3O3S/c1-23-15(21)11-13-16(22)20(14-9-5-6-10-18-14)17(24-13)19-12-7-3-2-4-8-12/h2-11H,1H3. The number of methoxy groups -OCH3 is 1. The maximum atomic E-state index is 12.7. The monoisotopic (exact) mass is 339 g/mol. The van der Waals surface area contributed by atoms with Gasteiger partial charge in [0.05, 0.1) is 17.7 Å². The molecule has 1 aliphatic heterocycles. The molecule has 2 heterocycles. The Morgan fingerprint density at radius 3 is 2.62 bits per heavy atom. The summed E-state index contributed by atoms with van der Waals surface area (Å²) in [5.41, 5.74) is 0.702. The van der Waals surface area contributed by atoms with E-state index < -0.39 is 5.97 Å². The Hall–Kier alpha value is -2.93. The molecule has 3 rings (SSSR count). The average Bonchev–Trinajstić information content (AvgIpc) is 2.91. The Labute approximate surface area is 142 Å². The SMILES string of the molecule is COC(=O)C=C1SC(=Nc2ccccc2)N(c2ccccn2)C1=O. The highest BCUT2D eigenvalue weighted by molar-refractivity contribution is 8.19. The highest BCUT2D eigenvalue weighted by atomic mass is 32.2. The van der Waals surface area contributed by atoms with Crippen LogP contribution in [0.4, 0.5) is 11.5 Å². The van der Waals surface area contributed by atoms with Gasteiger partial charge in [-0.05, 0) is 36.0 Å². The Bertz CT molecular complexity index is 819. The molecule has 0 aliphatic carbocycles. The fraction of sp³-hybridized carbons (Fsp3) is 0.0588. The van der Waals surface area contributed by atoms with Crippen molar-refractivity contribution in [1.82, 2.24) is 4.98 Å². The summed E-state index contributed by atoms with van der Waals surface area (Å²) in [5.74, 6) is -0.510. The molecule has 1 fully saturated rings. The Balaban J connectivity index is 2.04. The summed E-state index contributed by atoms with van der Waals surface area (Å²) in [6.45, 7) is 0. The van der Waals surface area contributed by atoms with E-state index in [4.69, 9.17) is 0 Å². The van der Waals surface area contributed by atoms with Crippen molar-refractivity contribution < 1.29 is 14.3 Å². The van der Waals surface area contributed by atoms with E-state index >= 15 is 0 Å². The van der Waals surface area contributed by atoms with E-state index in [-0.39, 0.29) is 10.8 Å². The Morgan fingerprint density at radius 2 is 1.96 bits per heavy atom. The molecule has 0 unspecified atom stereocenters. The van der Waals surface area contributed by atoms with Crippen LogP contribution in [0, 0.1) is 0 Å². The van der Waals surface area contributed by atoms with Gasteiger partial charge in [-0.3, -0.25) is 4.79 Å². The summed E-state index contributed by atoms with van der Waals surface area (Å²) >= 11 is 1.11. The molecule has 1 aromatic heterocycles. The number of aromatic nitrogens is 1. The number of amidine groups is 1. The maximum absolute atomic E-state index is 12.7. The van der Waals surface area contributed by atoms with Crippen LogP contribution in [0.15, 0.2) is 70.7 Å². The van der Waals surface area contributed by atoms with E-state index in [1.807, 2.05) is 30.3 Å². The predicted molar refractivity (Wildman–Crippen MR) is 93.0 cm³/mol. The van der Waals surface area contributed by atoms with Crippen LogP contribution < -0.4 is 4.90 Å². The number of pyridine rings is 1. The van der Waals surface area contributed by atoms with E-state index in [0.717, 1.165) is 17.8 Å². The molecule has 0 radical (unpaired) electrons. The van der Waals surface area contributed by atoms with Gasteiger partial charge in [0.1, 0.15) is 5.82 Å². The number of para-hydroxylation sites is 1. The normalized spacial score (nSPS) is 17.5. The first-order chi connectivity index (χ1) is 11.7. The lowest BCUT2D eigenvalue weighted by atomic mass is 10.3. The predicted octanol–water partition coefficient (Wildman–Crippen LogP) is 2.91. The highest BCUT2D eigenvalue weighted by Gasteiger charge is 2.36. The zero-order chi connectivity index (χ0) is 16.9. The zero-order valence-electron chi connectivity index (χ0n) is 12.7. The second kappa shape index (κ2) is 7.10. The topological polar surface area (TPSA) is 71.9 Å². The van der Waals surface area contributed by atoms with Crippen LogP contribution >= 0.6 is 11.8 Å². The first kappa shape index (κ1) is 15.9. The van der Waals surface area contributed by atoms with Gasteiger partial charge in [-0.1, -0.05) is 24.3 Å². The lowest BCUT2D eigenvalue weighted by Gasteiger charge is -2.13. The number of carbonyl (C=O) groups is 2. The number of thioether (sulfide) groups is 1. The van der Waals surface area contributed by atoms with Crippen molar-refractivity contribution >= 4 is 40.3 Å². The largest absolute Gasteiger partial charge is 0.466 e. The Kier molecular flexibility index (Phi) is 4.72. The fourth-order valence-corrected chi connectivity index (χ4v) is 2.96. The average molecular weight is 339 g/mol. The van der Waals surface area contributed by atoms with Crippen LogP contribution in [0.2, 0.25) is 0 Å². The molecule has 6 nitrogen and oxygen atoms in total. The van der Waals surface area contributed by atoms with Gasteiger partial charge in [0, 0.05) is 12.3 Å². The number of hydrogen-bond acceptors (Lipinski definition) is 6. The summed E-state index contributed by atoms with van der Waals surface area (Å²) in [6, 6.07) is 14.5. The quantitative estimate of drug-likeness (QED) is 0.635. The number of ether oxygens (including phenoxy) is 1. The number of anilines is 1. The lowest BCUT2D eigenvalue weighted by molar-refractivity contribution is -0.135. The molecule has 2 aromatic rings. The molecular formula is C17H13N3O3S. The van der Waals surface area contributed by atoms with Crippen LogP contribution in [-0.2, 0) is 14.3 Å². The highest BCUT2D eigenvalue weighted by Crippen LogP contribution is 2.35. The molecule has 0 atom stereocenters.